The van der Waals surface area contributed by atoms with Crippen molar-refractivity contribution in [1.82, 2.24) is 24.9 Å². The van der Waals surface area contributed by atoms with E-state index >= 15 is 0 Å². The molecule has 1 saturated carbocycles. The van der Waals surface area contributed by atoms with Crippen molar-refractivity contribution < 1.29 is 9.21 Å². The number of furan rings is 1. The molecule has 0 spiro atoms. The van der Waals surface area contributed by atoms with Crippen LogP contribution in [-0.2, 0) is 17.9 Å². The monoisotopic (exact) mass is 361 g/mol. The third kappa shape index (κ3) is 2.95. The highest BCUT2D eigenvalue weighted by atomic mass is 16.3. The van der Waals surface area contributed by atoms with Crippen molar-refractivity contribution in [1.29, 1.82) is 0 Å². The van der Waals surface area contributed by atoms with Gasteiger partial charge in [-0.25, -0.2) is 0 Å². The Labute approximate surface area is 155 Å². The summed E-state index contributed by atoms with van der Waals surface area (Å²) in [6, 6.07) is 12.0. The van der Waals surface area contributed by atoms with Crippen molar-refractivity contribution in [3.8, 4) is 0 Å². The first kappa shape index (κ1) is 16.0. The zero-order valence-electron chi connectivity index (χ0n) is 15.0. The number of tetrazole rings is 1. The molecule has 4 aromatic rings. The molecule has 1 aliphatic rings. The Bertz CT molecular complexity index is 1130. The minimum atomic E-state index is 0.134. The van der Waals surface area contributed by atoms with Gasteiger partial charge in [-0.1, -0.05) is 12.1 Å². The molecule has 136 valence electrons. The molecule has 27 heavy (non-hydrogen) atoms. The van der Waals surface area contributed by atoms with Crippen LogP contribution in [0.2, 0.25) is 0 Å². The third-order valence-electron chi connectivity index (χ3n) is 5.03. The maximum atomic E-state index is 12.8. The van der Waals surface area contributed by atoms with E-state index in [0.29, 0.717) is 18.7 Å². The minimum absolute atomic E-state index is 0.134. The molecule has 0 radical (unpaired) electrons. The van der Waals surface area contributed by atoms with E-state index in [4.69, 9.17) is 4.42 Å². The van der Waals surface area contributed by atoms with Gasteiger partial charge in [-0.3, -0.25) is 4.79 Å². The predicted molar refractivity (Wildman–Crippen MR) is 98.7 cm³/mol. The molecule has 0 bridgehead atoms. The number of carbonyl (C=O) groups is 1. The highest BCUT2D eigenvalue weighted by molar-refractivity contribution is 5.84. The summed E-state index contributed by atoms with van der Waals surface area (Å²) in [6.07, 6.45) is 3.56. The van der Waals surface area contributed by atoms with Crippen LogP contribution in [0, 0.1) is 12.8 Å². The van der Waals surface area contributed by atoms with Crippen molar-refractivity contribution in [3.05, 3.63) is 59.5 Å². The molecule has 3 heterocycles. The zero-order chi connectivity index (χ0) is 18.4. The van der Waals surface area contributed by atoms with Gasteiger partial charge in [0.05, 0.1) is 18.3 Å². The summed E-state index contributed by atoms with van der Waals surface area (Å²) in [5, 5.41) is 13.3. The molecule has 0 N–H and O–H groups in total. The molecule has 0 saturated heterocycles. The number of hydrogen-bond acceptors (Lipinski definition) is 5. The fourth-order valence-electron chi connectivity index (χ4n) is 3.47. The minimum Gasteiger partial charge on any atom is -0.467 e. The Morgan fingerprint density at radius 3 is 2.93 bits per heavy atom. The van der Waals surface area contributed by atoms with Gasteiger partial charge in [-0.2, -0.15) is 4.52 Å². The third-order valence-corrected chi connectivity index (χ3v) is 5.03. The average molecular weight is 361 g/mol. The van der Waals surface area contributed by atoms with E-state index in [2.05, 4.69) is 39.8 Å². The molecule has 5 rings (SSSR count). The van der Waals surface area contributed by atoms with Gasteiger partial charge in [0, 0.05) is 23.4 Å². The predicted octanol–water partition coefficient (Wildman–Crippen LogP) is 3.12. The van der Waals surface area contributed by atoms with Gasteiger partial charge >= 0.3 is 0 Å². The van der Waals surface area contributed by atoms with Gasteiger partial charge in [-0.05, 0) is 60.0 Å². The van der Waals surface area contributed by atoms with Crippen molar-refractivity contribution in [2.75, 3.05) is 0 Å². The van der Waals surface area contributed by atoms with Crippen molar-refractivity contribution in [2.45, 2.75) is 32.9 Å². The van der Waals surface area contributed by atoms with E-state index in [1.807, 2.05) is 24.0 Å². The second-order valence-electron chi connectivity index (χ2n) is 7.19. The second-order valence-corrected chi connectivity index (χ2v) is 7.19. The number of carbonyl (C=O) groups excluding carboxylic acids is 1. The van der Waals surface area contributed by atoms with Crippen molar-refractivity contribution in [3.63, 3.8) is 0 Å². The van der Waals surface area contributed by atoms with Crippen LogP contribution in [0.3, 0.4) is 0 Å². The van der Waals surface area contributed by atoms with Gasteiger partial charge < -0.3 is 9.32 Å². The molecule has 0 unspecified atom stereocenters. The van der Waals surface area contributed by atoms with E-state index in [1.54, 1.807) is 10.8 Å². The SMILES string of the molecule is Cc1ccc2cc(CN(Cc3ccco3)C(=O)C3CC3)c3nnnn3c2c1. The van der Waals surface area contributed by atoms with Gasteiger partial charge in [0.1, 0.15) is 5.76 Å². The maximum Gasteiger partial charge on any atom is 0.226 e. The normalized spacial score (nSPS) is 14.1. The van der Waals surface area contributed by atoms with Crippen LogP contribution >= 0.6 is 0 Å². The lowest BCUT2D eigenvalue weighted by molar-refractivity contribution is -0.134. The van der Waals surface area contributed by atoms with Gasteiger partial charge in [0.2, 0.25) is 5.91 Å². The van der Waals surface area contributed by atoms with Gasteiger partial charge in [0.15, 0.2) is 5.65 Å². The van der Waals surface area contributed by atoms with E-state index in [0.717, 1.165) is 40.6 Å². The molecule has 3 aromatic heterocycles. The lowest BCUT2D eigenvalue weighted by Crippen LogP contribution is -2.31. The van der Waals surface area contributed by atoms with Gasteiger partial charge in [0.25, 0.3) is 0 Å². The fourth-order valence-corrected chi connectivity index (χ4v) is 3.47. The lowest BCUT2D eigenvalue weighted by atomic mass is 10.1. The Kier molecular flexibility index (Phi) is 3.67. The summed E-state index contributed by atoms with van der Waals surface area (Å²) in [7, 11) is 0. The van der Waals surface area contributed by atoms with Gasteiger partial charge in [-0.15, -0.1) is 5.10 Å². The Hall–Kier alpha value is -3.22. The molecule has 7 heteroatoms. The van der Waals surface area contributed by atoms with Crippen LogP contribution in [0.1, 0.15) is 29.7 Å². The topological polar surface area (TPSA) is 76.5 Å². The Balaban J connectivity index is 1.56. The standard InChI is InChI=1S/C20H19N5O2/c1-13-4-5-15-10-16(19-21-22-23-25(19)18(15)9-13)11-24(20(26)14-6-7-14)12-17-3-2-8-27-17/h2-5,8-10,14H,6-7,11-12H2,1H3. The molecule has 1 fully saturated rings. The summed E-state index contributed by atoms with van der Waals surface area (Å²) in [5.74, 6) is 1.08. The second kappa shape index (κ2) is 6.19. The van der Waals surface area contributed by atoms with E-state index in [9.17, 15) is 4.79 Å². The summed E-state index contributed by atoms with van der Waals surface area (Å²) in [5.41, 5.74) is 3.72. The van der Waals surface area contributed by atoms with Crippen LogP contribution in [0.5, 0.6) is 0 Å². The summed E-state index contributed by atoms with van der Waals surface area (Å²) >= 11 is 0. The van der Waals surface area contributed by atoms with Crippen molar-refractivity contribution >= 4 is 22.5 Å². The first-order chi connectivity index (χ1) is 13.2. The lowest BCUT2D eigenvalue weighted by Gasteiger charge is -2.22. The van der Waals surface area contributed by atoms with Crippen molar-refractivity contribution in [2.24, 2.45) is 5.92 Å². The number of rotatable bonds is 5. The van der Waals surface area contributed by atoms with E-state index in [-0.39, 0.29) is 11.8 Å². The summed E-state index contributed by atoms with van der Waals surface area (Å²) in [4.78, 5) is 14.7. The van der Waals surface area contributed by atoms with Crippen LogP contribution < -0.4 is 0 Å². The molecule has 1 aromatic carbocycles. The number of fused-ring (bicyclic) bond motifs is 3. The van der Waals surface area contributed by atoms with Crippen LogP contribution in [0.15, 0.2) is 47.1 Å². The molecular formula is C20H19N5O2. The first-order valence-corrected chi connectivity index (χ1v) is 9.10. The number of aryl methyl sites for hydroxylation is 1. The highest BCUT2D eigenvalue weighted by Crippen LogP contribution is 2.32. The average Bonchev–Trinajstić information content (AvgIpc) is 3.16. The number of aromatic nitrogens is 4. The smallest absolute Gasteiger partial charge is 0.226 e. The maximum absolute atomic E-state index is 12.8. The summed E-state index contributed by atoms with van der Waals surface area (Å²) in [6.45, 7) is 2.94. The number of hydrogen-bond donors (Lipinski definition) is 0. The molecule has 0 aliphatic heterocycles. The Morgan fingerprint density at radius 2 is 2.15 bits per heavy atom. The van der Waals surface area contributed by atoms with Crippen LogP contribution in [-0.4, -0.2) is 30.8 Å². The van der Waals surface area contributed by atoms with Crippen LogP contribution in [0.4, 0.5) is 0 Å². The summed E-state index contributed by atoms with van der Waals surface area (Å²) < 4.78 is 7.22. The Morgan fingerprint density at radius 1 is 1.26 bits per heavy atom. The number of pyridine rings is 1. The molecule has 7 nitrogen and oxygen atoms in total. The fraction of sp³-hybridized carbons (Fsp3) is 0.300. The molecule has 1 amide bonds. The molecular weight excluding hydrogens is 342 g/mol. The number of amides is 1. The van der Waals surface area contributed by atoms with E-state index < -0.39 is 0 Å². The number of benzene rings is 1. The number of nitrogens with zero attached hydrogens (tertiary/aromatic N) is 5. The first-order valence-electron chi connectivity index (χ1n) is 9.10. The molecule has 0 atom stereocenters. The quantitative estimate of drug-likeness (QED) is 0.546. The van der Waals surface area contributed by atoms with E-state index in [1.165, 1.54) is 0 Å². The highest BCUT2D eigenvalue weighted by Gasteiger charge is 2.34. The molecule has 1 aliphatic carbocycles. The van der Waals surface area contributed by atoms with Crippen LogP contribution in [0.25, 0.3) is 16.6 Å². The zero-order valence-corrected chi connectivity index (χ0v) is 15.0. The largest absolute Gasteiger partial charge is 0.467 e.